The predicted octanol–water partition coefficient (Wildman–Crippen LogP) is 1.45. The van der Waals surface area contributed by atoms with Gasteiger partial charge in [0.2, 0.25) is 10.0 Å². The first-order valence-corrected chi connectivity index (χ1v) is 8.08. The lowest BCUT2D eigenvalue weighted by atomic mass is 10.1. The summed E-state index contributed by atoms with van der Waals surface area (Å²) in [6.45, 7) is 5.23. The molecule has 102 valence electrons. The van der Waals surface area contributed by atoms with Crippen LogP contribution >= 0.6 is 0 Å². The maximum atomic E-state index is 10.9. The van der Waals surface area contributed by atoms with Crippen molar-refractivity contribution in [2.75, 3.05) is 19.3 Å². The third-order valence-electron chi connectivity index (χ3n) is 2.83. The molecule has 18 heavy (non-hydrogen) atoms. The van der Waals surface area contributed by atoms with Gasteiger partial charge in [-0.25, -0.2) is 13.1 Å². The summed E-state index contributed by atoms with van der Waals surface area (Å²) in [5.41, 5.74) is 2.54. The number of aryl methyl sites for hydroxylation is 1. The van der Waals surface area contributed by atoms with Crippen LogP contribution in [0.1, 0.15) is 31.0 Å². The molecule has 0 aliphatic carbocycles. The number of benzene rings is 1. The largest absolute Gasteiger partial charge is 0.309 e. The summed E-state index contributed by atoms with van der Waals surface area (Å²) in [6, 6.07) is 8.70. The van der Waals surface area contributed by atoms with Crippen molar-refractivity contribution in [1.82, 2.24) is 10.0 Å². The molecule has 0 heterocycles. The highest BCUT2D eigenvalue weighted by Crippen LogP contribution is 2.13. The van der Waals surface area contributed by atoms with Gasteiger partial charge in [0.05, 0.1) is 6.26 Å². The molecule has 0 spiro atoms. The zero-order valence-electron chi connectivity index (χ0n) is 11.2. The van der Waals surface area contributed by atoms with Crippen LogP contribution in [0.5, 0.6) is 0 Å². The highest BCUT2D eigenvalue weighted by molar-refractivity contribution is 7.88. The van der Waals surface area contributed by atoms with Crippen LogP contribution in [0.3, 0.4) is 0 Å². The Hall–Kier alpha value is -0.910. The molecule has 1 rings (SSSR count). The zero-order valence-corrected chi connectivity index (χ0v) is 12.0. The van der Waals surface area contributed by atoms with E-state index in [2.05, 4.69) is 48.2 Å². The van der Waals surface area contributed by atoms with E-state index in [-0.39, 0.29) is 6.04 Å². The zero-order chi connectivity index (χ0) is 13.6. The fourth-order valence-corrected chi connectivity index (χ4v) is 2.16. The Morgan fingerprint density at radius 1 is 1.17 bits per heavy atom. The molecule has 4 nitrogen and oxygen atoms in total. The second-order valence-electron chi connectivity index (χ2n) is 4.44. The van der Waals surface area contributed by atoms with Crippen LogP contribution in [0.25, 0.3) is 0 Å². The summed E-state index contributed by atoms with van der Waals surface area (Å²) in [7, 11) is -3.09. The van der Waals surface area contributed by atoms with Crippen LogP contribution in [0.2, 0.25) is 0 Å². The summed E-state index contributed by atoms with van der Waals surface area (Å²) in [5, 5.41) is 3.28. The molecule has 1 aromatic rings. The quantitative estimate of drug-likeness (QED) is 0.737. The van der Waals surface area contributed by atoms with Crippen LogP contribution in [0.4, 0.5) is 0 Å². The lowest BCUT2D eigenvalue weighted by Crippen LogP contribution is -2.32. The van der Waals surface area contributed by atoms with Gasteiger partial charge < -0.3 is 5.32 Å². The number of hydrogen-bond donors (Lipinski definition) is 2. The van der Waals surface area contributed by atoms with E-state index in [1.807, 2.05) is 0 Å². The minimum atomic E-state index is -3.09. The number of sulfonamides is 1. The van der Waals surface area contributed by atoms with E-state index in [4.69, 9.17) is 0 Å². The molecule has 1 unspecified atom stereocenters. The molecule has 0 amide bonds. The average Bonchev–Trinajstić information content (AvgIpc) is 2.33. The van der Waals surface area contributed by atoms with Crippen LogP contribution < -0.4 is 10.0 Å². The third-order valence-corrected chi connectivity index (χ3v) is 3.56. The fourth-order valence-electron chi connectivity index (χ4n) is 1.68. The Balaban J connectivity index is 2.38. The van der Waals surface area contributed by atoms with E-state index >= 15 is 0 Å². The molecular weight excluding hydrogens is 248 g/mol. The van der Waals surface area contributed by atoms with Crippen molar-refractivity contribution in [1.29, 1.82) is 0 Å². The molecule has 0 radical (unpaired) electrons. The van der Waals surface area contributed by atoms with E-state index in [1.54, 1.807) is 0 Å². The smallest absolute Gasteiger partial charge is 0.208 e. The van der Waals surface area contributed by atoms with Crippen LogP contribution in [0, 0.1) is 0 Å². The summed E-state index contributed by atoms with van der Waals surface area (Å²) >= 11 is 0. The molecule has 0 aliphatic heterocycles. The van der Waals surface area contributed by atoms with Gasteiger partial charge >= 0.3 is 0 Å². The van der Waals surface area contributed by atoms with E-state index in [0.29, 0.717) is 13.1 Å². The van der Waals surface area contributed by atoms with Gasteiger partial charge in [0, 0.05) is 19.1 Å². The summed E-state index contributed by atoms with van der Waals surface area (Å²) < 4.78 is 24.2. The van der Waals surface area contributed by atoms with Crippen LogP contribution in [0.15, 0.2) is 24.3 Å². The topological polar surface area (TPSA) is 58.2 Å². The first-order valence-electron chi connectivity index (χ1n) is 6.19. The van der Waals surface area contributed by atoms with Crippen molar-refractivity contribution in [3.63, 3.8) is 0 Å². The van der Waals surface area contributed by atoms with Crippen molar-refractivity contribution in [3.05, 3.63) is 35.4 Å². The molecule has 2 N–H and O–H groups in total. The summed E-state index contributed by atoms with van der Waals surface area (Å²) in [5.74, 6) is 0. The van der Waals surface area contributed by atoms with Crippen molar-refractivity contribution in [2.24, 2.45) is 0 Å². The van der Waals surface area contributed by atoms with E-state index < -0.39 is 10.0 Å². The minimum absolute atomic E-state index is 0.220. The van der Waals surface area contributed by atoms with Gasteiger partial charge in [-0.2, -0.15) is 0 Å². The molecule has 0 aliphatic rings. The second kappa shape index (κ2) is 6.87. The van der Waals surface area contributed by atoms with Crippen molar-refractivity contribution < 1.29 is 8.42 Å². The van der Waals surface area contributed by atoms with Crippen molar-refractivity contribution >= 4 is 10.0 Å². The molecule has 0 fully saturated rings. The molecule has 1 aromatic carbocycles. The SMILES string of the molecule is CCc1ccc(C(C)NCCNS(C)(=O)=O)cc1. The van der Waals surface area contributed by atoms with E-state index in [9.17, 15) is 8.42 Å². The third kappa shape index (κ3) is 5.62. The van der Waals surface area contributed by atoms with Gasteiger partial charge in [-0.3, -0.25) is 0 Å². The van der Waals surface area contributed by atoms with Gasteiger partial charge in [-0.15, -0.1) is 0 Å². The molecular formula is C13H22N2O2S. The number of nitrogens with one attached hydrogen (secondary N) is 2. The Kier molecular flexibility index (Phi) is 5.78. The number of rotatable bonds is 7. The Bertz CT molecular complexity index is 454. The van der Waals surface area contributed by atoms with Gasteiger partial charge in [-0.05, 0) is 24.5 Å². The summed E-state index contributed by atoms with van der Waals surface area (Å²) in [4.78, 5) is 0. The Labute approximate surface area is 110 Å². The predicted molar refractivity (Wildman–Crippen MR) is 75.1 cm³/mol. The van der Waals surface area contributed by atoms with Crippen molar-refractivity contribution in [3.8, 4) is 0 Å². The minimum Gasteiger partial charge on any atom is -0.309 e. The molecule has 0 saturated heterocycles. The highest BCUT2D eigenvalue weighted by Gasteiger charge is 2.05. The molecule has 0 bridgehead atoms. The van der Waals surface area contributed by atoms with Gasteiger partial charge in [0.15, 0.2) is 0 Å². The Morgan fingerprint density at radius 3 is 2.28 bits per heavy atom. The van der Waals surface area contributed by atoms with Gasteiger partial charge in [-0.1, -0.05) is 31.2 Å². The van der Waals surface area contributed by atoms with Crippen LogP contribution in [-0.2, 0) is 16.4 Å². The number of hydrogen-bond acceptors (Lipinski definition) is 3. The van der Waals surface area contributed by atoms with Crippen LogP contribution in [-0.4, -0.2) is 27.8 Å². The van der Waals surface area contributed by atoms with E-state index in [1.165, 1.54) is 17.4 Å². The maximum Gasteiger partial charge on any atom is 0.208 e. The maximum absolute atomic E-state index is 10.9. The van der Waals surface area contributed by atoms with E-state index in [0.717, 1.165) is 6.42 Å². The lowest BCUT2D eigenvalue weighted by Gasteiger charge is -2.14. The molecule has 5 heteroatoms. The second-order valence-corrected chi connectivity index (χ2v) is 6.27. The first kappa shape index (κ1) is 15.1. The lowest BCUT2D eigenvalue weighted by molar-refractivity contribution is 0.556. The van der Waals surface area contributed by atoms with Gasteiger partial charge in [0.25, 0.3) is 0 Å². The normalized spacial score (nSPS) is 13.5. The highest BCUT2D eigenvalue weighted by atomic mass is 32.2. The fraction of sp³-hybridized carbons (Fsp3) is 0.538. The molecule has 1 atom stereocenters. The van der Waals surface area contributed by atoms with Gasteiger partial charge in [0.1, 0.15) is 0 Å². The first-order chi connectivity index (χ1) is 8.42. The molecule has 0 saturated carbocycles. The Morgan fingerprint density at radius 2 is 1.78 bits per heavy atom. The monoisotopic (exact) mass is 270 g/mol. The average molecular weight is 270 g/mol. The standard InChI is InChI=1S/C13H22N2O2S/c1-4-12-5-7-13(8-6-12)11(2)14-9-10-15-18(3,16)17/h5-8,11,14-15H,4,9-10H2,1-3H3. The van der Waals surface area contributed by atoms with Crippen molar-refractivity contribution in [2.45, 2.75) is 26.3 Å². The summed E-state index contributed by atoms with van der Waals surface area (Å²) in [6.07, 6.45) is 2.21. The molecule has 0 aromatic heterocycles.